The molecule has 4 nitrogen and oxygen atoms in total. The summed E-state index contributed by atoms with van der Waals surface area (Å²) in [7, 11) is 0. The van der Waals surface area contributed by atoms with Crippen LogP contribution in [0, 0.1) is 6.92 Å². The quantitative estimate of drug-likeness (QED) is 0.162. The van der Waals surface area contributed by atoms with Gasteiger partial charge in [-0.25, -0.2) is 0 Å². The number of para-hydroxylation sites is 2. The van der Waals surface area contributed by atoms with Crippen molar-refractivity contribution in [3.8, 4) is 11.1 Å². The van der Waals surface area contributed by atoms with Gasteiger partial charge >= 0.3 is 6.85 Å². The molecular weight excluding hydrogens is 876 g/mol. The highest BCUT2D eigenvalue weighted by Gasteiger charge is 2.51. The Kier molecular flexibility index (Phi) is 8.71. The van der Waals surface area contributed by atoms with E-state index in [2.05, 4.69) is 209 Å². The van der Waals surface area contributed by atoms with Crippen molar-refractivity contribution in [2.75, 3.05) is 9.71 Å². The van der Waals surface area contributed by atoms with Crippen LogP contribution in [0.1, 0.15) is 161 Å². The van der Waals surface area contributed by atoms with Gasteiger partial charge in [0.25, 0.3) is 0 Å². The minimum absolute atomic E-state index is 0.00218. The van der Waals surface area contributed by atoms with Crippen molar-refractivity contribution < 1.29 is 8.83 Å². The van der Waals surface area contributed by atoms with Crippen LogP contribution < -0.4 is 20.6 Å². The van der Waals surface area contributed by atoms with Gasteiger partial charge in [-0.2, -0.15) is 0 Å². The second-order valence-electron chi connectivity index (χ2n) is 26.9. The third-order valence-electron chi connectivity index (χ3n) is 19.5. The average Bonchev–Trinajstić information content (AvgIpc) is 3.92. The highest BCUT2D eigenvalue weighted by atomic mass is 16.3. The van der Waals surface area contributed by atoms with Crippen molar-refractivity contribution in [2.45, 2.75) is 161 Å². The van der Waals surface area contributed by atoms with Gasteiger partial charge in [0, 0.05) is 38.8 Å². The first kappa shape index (κ1) is 44.5. The Morgan fingerprint density at radius 2 is 0.958 bits per heavy atom. The van der Waals surface area contributed by atoms with Gasteiger partial charge in [-0.3, -0.25) is 0 Å². The lowest BCUT2D eigenvalue weighted by molar-refractivity contribution is 0.332. The fraction of sp³-hybridized carbons (Fsp3) is 0.373. The predicted molar refractivity (Wildman–Crippen MR) is 305 cm³/mol. The Balaban J connectivity index is 1.20. The van der Waals surface area contributed by atoms with Crippen LogP contribution in [0.3, 0.4) is 0 Å². The molecule has 9 aromatic rings. The molecule has 2 aliphatic heterocycles. The fourth-order valence-corrected chi connectivity index (χ4v) is 14.8. The molecule has 0 atom stereocenters. The third kappa shape index (κ3) is 5.88. The summed E-state index contributed by atoms with van der Waals surface area (Å²) in [6.07, 6.45) is 6.93. The van der Waals surface area contributed by atoms with E-state index in [0.717, 1.165) is 81.7 Å². The first-order valence-corrected chi connectivity index (χ1v) is 27.1. The van der Waals surface area contributed by atoms with Crippen molar-refractivity contribution in [2.24, 2.45) is 0 Å². The minimum atomic E-state index is -0.201. The summed E-state index contributed by atoms with van der Waals surface area (Å²) in [4.78, 5) is 5.45. The number of fused-ring (bicyclic) bond motifs is 15. The molecule has 362 valence electrons. The number of hydrogen-bond acceptors (Lipinski definition) is 4. The summed E-state index contributed by atoms with van der Waals surface area (Å²) < 4.78 is 14.3. The predicted octanol–water partition coefficient (Wildman–Crippen LogP) is 17.5. The summed E-state index contributed by atoms with van der Waals surface area (Å²) in [5.74, 6) is 0. The molecule has 0 radical (unpaired) electrons. The molecule has 0 N–H and O–H groups in total. The van der Waals surface area contributed by atoms with Gasteiger partial charge in [-0.1, -0.05) is 138 Å². The number of hydrogen-bond donors (Lipinski definition) is 0. The molecule has 0 amide bonds. The highest BCUT2D eigenvalue weighted by Crippen LogP contribution is 2.58. The lowest BCUT2D eigenvalue weighted by Gasteiger charge is -2.49. The normalized spacial score (nSPS) is 20.3. The summed E-state index contributed by atoms with van der Waals surface area (Å²) in [5, 5.41) is 4.58. The SMILES string of the molecule is Cc1cc2c(cc1N1c3c4c(cc5c3oc3ccccc35)-c3cc5c(cc3N(c3ccc6c(c3)C(C)(C)CCC6(C)C)B4c3ccc4oc6ccccc6c4c31)C(C)(C)CCC5(C)C)C(C)(C)CCC2(C)C. The van der Waals surface area contributed by atoms with E-state index < -0.39 is 0 Å². The Morgan fingerprint density at radius 1 is 0.431 bits per heavy atom. The Hall–Kier alpha value is -6.20. The van der Waals surface area contributed by atoms with Crippen LogP contribution in [0.15, 0.2) is 118 Å². The summed E-state index contributed by atoms with van der Waals surface area (Å²) >= 11 is 0. The second-order valence-corrected chi connectivity index (χ2v) is 26.9. The maximum atomic E-state index is 7.42. The number of nitrogens with zero attached hydrogens (tertiary/aromatic N) is 2. The number of furan rings is 2. The van der Waals surface area contributed by atoms with Crippen LogP contribution >= 0.6 is 0 Å². The van der Waals surface area contributed by atoms with Gasteiger partial charge in [0.15, 0.2) is 5.58 Å². The molecule has 0 spiro atoms. The largest absolute Gasteiger partial charge is 0.456 e. The maximum absolute atomic E-state index is 7.42. The molecular formula is C67H69BN2O2. The lowest BCUT2D eigenvalue weighted by atomic mass is 9.43. The van der Waals surface area contributed by atoms with Crippen LogP contribution in [0.2, 0.25) is 0 Å². The molecule has 5 aliphatic rings. The number of rotatable bonds is 2. The van der Waals surface area contributed by atoms with E-state index in [4.69, 9.17) is 8.83 Å². The van der Waals surface area contributed by atoms with Crippen LogP contribution in [0.4, 0.5) is 28.4 Å². The topological polar surface area (TPSA) is 32.8 Å². The molecule has 72 heavy (non-hydrogen) atoms. The van der Waals surface area contributed by atoms with Gasteiger partial charge in [0.05, 0.1) is 16.8 Å². The van der Waals surface area contributed by atoms with Crippen molar-refractivity contribution >= 4 is 90.1 Å². The first-order valence-electron chi connectivity index (χ1n) is 27.1. The zero-order valence-corrected chi connectivity index (χ0v) is 44.9. The van der Waals surface area contributed by atoms with Crippen LogP contribution in [-0.4, -0.2) is 6.85 Å². The number of benzene rings is 7. The molecule has 5 heteroatoms. The molecule has 0 fully saturated rings. The maximum Gasteiger partial charge on any atom is 0.333 e. The molecule has 2 aromatic heterocycles. The average molecular weight is 945 g/mol. The van der Waals surface area contributed by atoms with Crippen LogP contribution in [0.25, 0.3) is 55.0 Å². The molecule has 0 saturated heterocycles. The lowest BCUT2D eigenvalue weighted by Crippen LogP contribution is -2.62. The van der Waals surface area contributed by atoms with Crippen LogP contribution in [-0.2, 0) is 32.5 Å². The monoisotopic (exact) mass is 945 g/mol. The Morgan fingerprint density at radius 3 is 1.60 bits per heavy atom. The summed E-state index contributed by atoms with van der Waals surface area (Å²) in [6.45, 7) is 31.7. The molecule has 0 unspecified atom stereocenters. The Bertz CT molecular complexity index is 3870. The smallest absolute Gasteiger partial charge is 0.333 e. The summed E-state index contributed by atoms with van der Waals surface area (Å²) in [5.41, 5.74) is 25.2. The number of anilines is 5. The van der Waals surface area contributed by atoms with Crippen LogP contribution in [0.5, 0.6) is 0 Å². The number of aryl methyl sites for hydroxylation is 1. The van der Waals surface area contributed by atoms with E-state index >= 15 is 0 Å². The second kappa shape index (κ2) is 14.1. The van der Waals surface area contributed by atoms with Gasteiger partial charge < -0.3 is 18.5 Å². The first-order chi connectivity index (χ1) is 34.1. The third-order valence-corrected chi connectivity index (χ3v) is 19.5. The standard InChI is InChI=1S/C67H69BN2O2/c1-38-32-46-49(66(10,11)30-28-63(46,4)5)36-52(38)69-59-51(24-25-56-57(59)41-19-15-17-21-55(41)71-56)68-58-43(34-44-40-18-14-16-20-54(40)72-61(44)60(58)69)42-35-48-50(67(12,13)31-29-65(48,8)9)37-53(42)70(68)39-22-23-45-47(33-39)64(6,7)27-26-62(45,2)3/h14-25,32-37H,26-31H2,1-13H3. The zero-order valence-electron chi connectivity index (χ0n) is 44.9. The molecule has 0 saturated carbocycles. The van der Waals surface area contributed by atoms with Gasteiger partial charge in [0.2, 0.25) is 0 Å². The molecule has 3 aliphatic carbocycles. The fourth-order valence-electron chi connectivity index (χ4n) is 14.8. The van der Waals surface area contributed by atoms with E-state index in [1.807, 2.05) is 0 Å². The van der Waals surface area contributed by atoms with Crippen molar-refractivity contribution in [3.05, 3.63) is 148 Å². The van der Waals surface area contributed by atoms with E-state index in [1.165, 1.54) is 90.2 Å². The zero-order chi connectivity index (χ0) is 50.0. The highest BCUT2D eigenvalue weighted by molar-refractivity contribution is 6.94. The molecule has 14 rings (SSSR count). The molecule has 0 bridgehead atoms. The van der Waals surface area contributed by atoms with Gasteiger partial charge in [-0.15, -0.1) is 0 Å². The van der Waals surface area contributed by atoms with Gasteiger partial charge in [0.1, 0.15) is 16.7 Å². The van der Waals surface area contributed by atoms with Crippen molar-refractivity contribution in [1.82, 2.24) is 0 Å². The van der Waals surface area contributed by atoms with E-state index in [1.54, 1.807) is 0 Å². The molecule has 4 heterocycles. The minimum Gasteiger partial charge on any atom is -0.456 e. The van der Waals surface area contributed by atoms with Crippen molar-refractivity contribution in [3.63, 3.8) is 0 Å². The van der Waals surface area contributed by atoms with E-state index in [0.29, 0.717) is 0 Å². The van der Waals surface area contributed by atoms with Crippen molar-refractivity contribution in [1.29, 1.82) is 0 Å². The van der Waals surface area contributed by atoms with E-state index in [-0.39, 0.29) is 39.3 Å². The summed E-state index contributed by atoms with van der Waals surface area (Å²) in [6, 6.07) is 42.6. The molecule has 7 aromatic carbocycles. The Labute approximate surface area is 426 Å². The van der Waals surface area contributed by atoms with E-state index in [9.17, 15) is 0 Å². The van der Waals surface area contributed by atoms with Gasteiger partial charge in [-0.05, 0) is 188 Å².